The number of esters is 1. The van der Waals surface area contributed by atoms with Crippen molar-refractivity contribution in [1.82, 2.24) is 0 Å². The van der Waals surface area contributed by atoms with Gasteiger partial charge in [-0.2, -0.15) is 0 Å². The summed E-state index contributed by atoms with van der Waals surface area (Å²) in [6.45, 7) is 3.47. The fourth-order valence-electron chi connectivity index (χ4n) is 0.924. The predicted molar refractivity (Wildman–Crippen MR) is 55.8 cm³/mol. The summed E-state index contributed by atoms with van der Waals surface area (Å²) in [5.41, 5.74) is 0. The van der Waals surface area contributed by atoms with Crippen molar-refractivity contribution >= 4 is 5.97 Å². The number of carbonyl (C=O) groups is 1. The van der Waals surface area contributed by atoms with Gasteiger partial charge in [0.15, 0.2) is 0 Å². The average molecular weight is 198 g/mol. The Labute approximate surface area is 85.1 Å². The number of hydrogen-bond acceptors (Lipinski definition) is 3. The van der Waals surface area contributed by atoms with Gasteiger partial charge in [-0.3, -0.25) is 4.79 Å². The zero-order valence-corrected chi connectivity index (χ0v) is 8.61. The maximum absolute atomic E-state index is 10.7. The molecule has 0 aliphatic heterocycles. The summed E-state index contributed by atoms with van der Waals surface area (Å²) in [4.78, 5) is 10.7. The molecule has 0 rings (SSSR count). The molecule has 0 amide bonds. The predicted octanol–water partition coefficient (Wildman–Crippen LogP) is 1.82. The van der Waals surface area contributed by atoms with Crippen LogP contribution in [0.2, 0.25) is 0 Å². The van der Waals surface area contributed by atoms with Crippen LogP contribution in [-0.2, 0) is 9.53 Å². The summed E-state index contributed by atoms with van der Waals surface area (Å²) in [7, 11) is 1.38. The van der Waals surface area contributed by atoms with Gasteiger partial charge in [0.2, 0.25) is 0 Å². The lowest BCUT2D eigenvalue weighted by molar-refractivity contribution is -0.140. The van der Waals surface area contributed by atoms with Crippen molar-refractivity contribution in [2.24, 2.45) is 0 Å². The average Bonchev–Trinajstić information content (AvgIpc) is 2.22. The van der Waals surface area contributed by atoms with Crippen LogP contribution in [0.1, 0.15) is 25.7 Å². The first-order valence-electron chi connectivity index (χ1n) is 4.73. The van der Waals surface area contributed by atoms with Crippen LogP contribution < -0.4 is 0 Å². The molecule has 3 nitrogen and oxygen atoms in total. The van der Waals surface area contributed by atoms with Gasteiger partial charge in [0.25, 0.3) is 0 Å². The van der Waals surface area contributed by atoms with Crippen LogP contribution in [0, 0.1) is 0 Å². The summed E-state index contributed by atoms with van der Waals surface area (Å²) < 4.78 is 4.49. The second kappa shape index (κ2) is 8.51. The van der Waals surface area contributed by atoms with Crippen LogP contribution in [0.5, 0.6) is 0 Å². The Balaban J connectivity index is 3.36. The number of ether oxygens (including phenoxy) is 1. The summed E-state index contributed by atoms with van der Waals surface area (Å²) >= 11 is 0. The molecule has 3 heteroatoms. The molecule has 1 N–H and O–H groups in total. The molecule has 0 spiro atoms. The SMILES string of the molecule is C=CC(O)CC/C=C\CCC(=O)OC. The van der Waals surface area contributed by atoms with Gasteiger partial charge in [0.1, 0.15) is 0 Å². The molecule has 14 heavy (non-hydrogen) atoms. The van der Waals surface area contributed by atoms with Gasteiger partial charge in [-0.15, -0.1) is 6.58 Å². The maximum Gasteiger partial charge on any atom is 0.305 e. The second-order valence-corrected chi connectivity index (χ2v) is 2.97. The van der Waals surface area contributed by atoms with Crippen LogP contribution in [0.25, 0.3) is 0 Å². The third-order valence-electron chi connectivity index (χ3n) is 1.81. The molecule has 0 saturated carbocycles. The lowest BCUT2D eigenvalue weighted by Crippen LogP contribution is -1.99. The highest BCUT2D eigenvalue weighted by atomic mass is 16.5. The van der Waals surface area contributed by atoms with E-state index in [1.54, 1.807) is 0 Å². The zero-order chi connectivity index (χ0) is 10.8. The van der Waals surface area contributed by atoms with E-state index in [9.17, 15) is 4.79 Å². The summed E-state index contributed by atoms with van der Waals surface area (Å²) in [5.74, 6) is -0.194. The molecule has 1 atom stereocenters. The number of aliphatic hydroxyl groups is 1. The van der Waals surface area contributed by atoms with Crippen molar-refractivity contribution in [2.45, 2.75) is 31.8 Å². The lowest BCUT2D eigenvalue weighted by Gasteiger charge is -2.00. The van der Waals surface area contributed by atoms with Crippen molar-refractivity contribution < 1.29 is 14.6 Å². The van der Waals surface area contributed by atoms with Crippen molar-refractivity contribution in [1.29, 1.82) is 0 Å². The van der Waals surface area contributed by atoms with E-state index >= 15 is 0 Å². The number of hydrogen-bond donors (Lipinski definition) is 1. The fourth-order valence-corrected chi connectivity index (χ4v) is 0.924. The normalized spacial score (nSPS) is 12.7. The first kappa shape index (κ1) is 12.9. The Kier molecular flexibility index (Phi) is 7.84. The Hall–Kier alpha value is -1.09. The molecule has 0 aromatic carbocycles. The molecular formula is C11H18O3. The van der Waals surface area contributed by atoms with Gasteiger partial charge in [0.05, 0.1) is 13.2 Å². The second-order valence-electron chi connectivity index (χ2n) is 2.97. The number of carbonyl (C=O) groups excluding carboxylic acids is 1. The molecule has 0 aliphatic carbocycles. The van der Waals surface area contributed by atoms with Gasteiger partial charge in [-0.1, -0.05) is 18.2 Å². The zero-order valence-electron chi connectivity index (χ0n) is 8.61. The molecule has 0 bridgehead atoms. The van der Waals surface area contributed by atoms with Crippen LogP contribution in [-0.4, -0.2) is 24.3 Å². The largest absolute Gasteiger partial charge is 0.469 e. The smallest absolute Gasteiger partial charge is 0.305 e. The number of rotatable bonds is 7. The van der Waals surface area contributed by atoms with Crippen molar-refractivity contribution in [3.63, 3.8) is 0 Å². The van der Waals surface area contributed by atoms with Crippen LogP contribution >= 0.6 is 0 Å². The van der Waals surface area contributed by atoms with Crippen LogP contribution in [0.15, 0.2) is 24.8 Å². The highest BCUT2D eigenvalue weighted by Crippen LogP contribution is 2.00. The van der Waals surface area contributed by atoms with Crippen LogP contribution in [0.3, 0.4) is 0 Å². The topological polar surface area (TPSA) is 46.5 Å². The summed E-state index contributed by atoms with van der Waals surface area (Å²) in [6, 6.07) is 0. The molecule has 0 heterocycles. The van der Waals surface area contributed by atoms with Crippen molar-refractivity contribution in [3.05, 3.63) is 24.8 Å². The number of allylic oxidation sites excluding steroid dienone is 2. The Morgan fingerprint density at radius 2 is 2.14 bits per heavy atom. The molecule has 0 fully saturated rings. The molecule has 0 aromatic rings. The Morgan fingerprint density at radius 3 is 2.71 bits per heavy atom. The summed E-state index contributed by atoms with van der Waals surface area (Å²) in [5, 5.41) is 9.11. The van der Waals surface area contributed by atoms with E-state index in [2.05, 4.69) is 11.3 Å². The molecule has 80 valence electrons. The summed E-state index contributed by atoms with van der Waals surface area (Å²) in [6.07, 6.45) is 7.55. The first-order valence-corrected chi connectivity index (χ1v) is 4.73. The van der Waals surface area contributed by atoms with Gasteiger partial charge < -0.3 is 9.84 Å². The van der Waals surface area contributed by atoms with E-state index in [0.717, 1.165) is 6.42 Å². The Morgan fingerprint density at radius 1 is 1.50 bits per heavy atom. The minimum atomic E-state index is -0.430. The standard InChI is InChI=1S/C11H18O3/c1-3-10(12)8-6-4-5-7-9-11(13)14-2/h3-5,10,12H,1,6-9H2,2H3/b5-4-. The molecular weight excluding hydrogens is 180 g/mol. The van der Waals surface area contributed by atoms with Crippen molar-refractivity contribution in [2.75, 3.05) is 7.11 Å². The molecule has 0 radical (unpaired) electrons. The van der Waals surface area contributed by atoms with E-state index < -0.39 is 6.10 Å². The van der Waals surface area contributed by atoms with E-state index in [4.69, 9.17) is 5.11 Å². The third kappa shape index (κ3) is 7.55. The van der Waals surface area contributed by atoms with Gasteiger partial charge in [0, 0.05) is 6.42 Å². The molecule has 0 aromatic heterocycles. The van der Waals surface area contributed by atoms with E-state index in [1.165, 1.54) is 13.2 Å². The highest BCUT2D eigenvalue weighted by molar-refractivity contribution is 5.69. The maximum atomic E-state index is 10.7. The lowest BCUT2D eigenvalue weighted by atomic mass is 10.2. The number of methoxy groups -OCH3 is 1. The Bertz CT molecular complexity index is 197. The van der Waals surface area contributed by atoms with Gasteiger partial charge in [-0.05, 0) is 19.3 Å². The quantitative estimate of drug-likeness (QED) is 0.501. The molecule has 0 saturated heterocycles. The van der Waals surface area contributed by atoms with E-state index in [-0.39, 0.29) is 5.97 Å². The monoisotopic (exact) mass is 198 g/mol. The van der Waals surface area contributed by atoms with Crippen LogP contribution in [0.4, 0.5) is 0 Å². The van der Waals surface area contributed by atoms with E-state index in [0.29, 0.717) is 19.3 Å². The molecule has 1 unspecified atom stereocenters. The minimum Gasteiger partial charge on any atom is -0.469 e. The number of aliphatic hydroxyl groups excluding tert-OH is 1. The minimum absolute atomic E-state index is 0.194. The van der Waals surface area contributed by atoms with Gasteiger partial charge in [-0.25, -0.2) is 0 Å². The third-order valence-corrected chi connectivity index (χ3v) is 1.81. The van der Waals surface area contributed by atoms with Gasteiger partial charge >= 0.3 is 5.97 Å². The fraction of sp³-hybridized carbons (Fsp3) is 0.545. The van der Waals surface area contributed by atoms with Crippen molar-refractivity contribution in [3.8, 4) is 0 Å². The molecule has 0 aliphatic rings. The van der Waals surface area contributed by atoms with E-state index in [1.807, 2.05) is 12.2 Å². The highest BCUT2D eigenvalue weighted by Gasteiger charge is 1.96. The first-order chi connectivity index (χ1) is 6.70.